The first-order valence-corrected chi connectivity index (χ1v) is 9.69. The molecule has 132 valence electrons. The third-order valence-corrected chi connectivity index (χ3v) is 5.46. The van der Waals surface area contributed by atoms with Gasteiger partial charge in [0.2, 0.25) is 0 Å². The van der Waals surface area contributed by atoms with Crippen molar-refractivity contribution in [3.8, 4) is 0 Å². The highest BCUT2D eigenvalue weighted by Gasteiger charge is 2.25. The van der Waals surface area contributed by atoms with Crippen molar-refractivity contribution in [1.29, 1.82) is 0 Å². The molecule has 0 saturated carbocycles. The van der Waals surface area contributed by atoms with Crippen LogP contribution in [-0.4, -0.2) is 17.4 Å². The van der Waals surface area contributed by atoms with Crippen molar-refractivity contribution in [3.05, 3.63) is 70.2 Å². The monoisotopic (exact) mass is 363 g/mol. The van der Waals surface area contributed by atoms with Crippen LogP contribution in [0.2, 0.25) is 0 Å². The summed E-state index contributed by atoms with van der Waals surface area (Å²) in [6.07, 6.45) is 2.01. The quantitative estimate of drug-likeness (QED) is 0.704. The molecule has 1 aliphatic rings. The van der Waals surface area contributed by atoms with Crippen molar-refractivity contribution >= 4 is 33.8 Å². The van der Waals surface area contributed by atoms with E-state index >= 15 is 0 Å². The van der Waals surface area contributed by atoms with E-state index in [9.17, 15) is 4.79 Å². The van der Waals surface area contributed by atoms with Gasteiger partial charge in [-0.05, 0) is 49.9 Å². The van der Waals surface area contributed by atoms with Gasteiger partial charge in [-0.2, -0.15) is 0 Å². The van der Waals surface area contributed by atoms with Crippen LogP contribution in [0, 0.1) is 13.8 Å². The summed E-state index contributed by atoms with van der Waals surface area (Å²) in [5, 5.41) is 5.91. The number of thiazole rings is 1. The topological polar surface area (TPSA) is 45.2 Å². The summed E-state index contributed by atoms with van der Waals surface area (Å²) in [4.78, 5) is 19.4. The Labute approximate surface area is 157 Å². The first kappa shape index (κ1) is 16.8. The summed E-state index contributed by atoms with van der Waals surface area (Å²) in [6.45, 7) is 4.89. The number of carbonyl (C=O) groups excluding carboxylic acids is 1. The van der Waals surface area contributed by atoms with Crippen LogP contribution >= 0.6 is 11.3 Å². The molecule has 0 aliphatic carbocycles. The smallest absolute Gasteiger partial charge is 0.277 e. The van der Waals surface area contributed by atoms with Crippen LogP contribution in [0.3, 0.4) is 0 Å². The van der Waals surface area contributed by atoms with Gasteiger partial charge in [0.15, 0.2) is 5.13 Å². The summed E-state index contributed by atoms with van der Waals surface area (Å²) in [7, 11) is 0. The Morgan fingerprint density at radius 3 is 2.88 bits per heavy atom. The van der Waals surface area contributed by atoms with Crippen LogP contribution in [0.15, 0.2) is 47.8 Å². The zero-order valence-electron chi connectivity index (χ0n) is 15.0. The van der Waals surface area contributed by atoms with Gasteiger partial charge >= 0.3 is 0 Å². The lowest BCUT2D eigenvalue weighted by molar-refractivity contribution is 0.0981. The highest BCUT2D eigenvalue weighted by Crippen LogP contribution is 2.29. The fourth-order valence-electron chi connectivity index (χ4n) is 3.38. The Morgan fingerprint density at radius 2 is 2.04 bits per heavy atom. The molecular weight excluding hydrogens is 342 g/mol. The molecule has 4 nitrogen and oxygen atoms in total. The number of nitrogens with zero attached hydrogens (tertiary/aromatic N) is 2. The second-order valence-electron chi connectivity index (χ2n) is 6.67. The molecule has 3 aromatic rings. The lowest BCUT2D eigenvalue weighted by atomic mass is 10.0. The van der Waals surface area contributed by atoms with Crippen LogP contribution < -0.4 is 10.2 Å². The first-order chi connectivity index (χ1) is 12.6. The molecule has 5 heteroatoms. The second-order valence-corrected chi connectivity index (χ2v) is 7.53. The van der Waals surface area contributed by atoms with Crippen LogP contribution in [-0.2, 0) is 6.42 Å². The van der Waals surface area contributed by atoms with E-state index in [1.165, 1.54) is 22.5 Å². The molecule has 0 atom stereocenters. The van der Waals surface area contributed by atoms with E-state index in [-0.39, 0.29) is 5.91 Å². The van der Waals surface area contributed by atoms with Crippen LogP contribution in [0.25, 0.3) is 0 Å². The maximum Gasteiger partial charge on any atom is 0.277 e. The first-order valence-electron chi connectivity index (χ1n) is 8.81. The molecular formula is C21H21N3OS. The second kappa shape index (κ2) is 6.92. The lowest BCUT2D eigenvalue weighted by Gasteiger charge is -2.28. The molecule has 2 aromatic carbocycles. The molecule has 2 heterocycles. The van der Waals surface area contributed by atoms with E-state index in [1.807, 2.05) is 28.5 Å². The Kier molecular flexibility index (Phi) is 4.47. The molecule has 0 fully saturated rings. The van der Waals surface area contributed by atoms with Gasteiger partial charge in [0.05, 0.1) is 0 Å². The molecule has 0 unspecified atom stereocenters. The third-order valence-electron chi connectivity index (χ3n) is 4.70. The summed E-state index contributed by atoms with van der Waals surface area (Å²) in [5.74, 6) is -0.0259. The minimum atomic E-state index is -0.0259. The van der Waals surface area contributed by atoms with E-state index < -0.39 is 0 Å². The average Bonchev–Trinajstić information content (AvgIpc) is 3.11. The number of aromatic nitrogens is 1. The fourth-order valence-corrected chi connectivity index (χ4v) is 4.08. The van der Waals surface area contributed by atoms with Crippen LogP contribution in [0.1, 0.15) is 33.6 Å². The number of amides is 1. The largest absolute Gasteiger partial charge is 0.331 e. The lowest BCUT2D eigenvalue weighted by Crippen LogP contribution is -2.35. The Morgan fingerprint density at radius 1 is 1.19 bits per heavy atom. The minimum Gasteiger partial charge on any atom is -0.331 e. The van der Waals surface area contributed by atoms with Gasteiger partial charge in [0, 0.05) is 23.3 Å². The van der Waals surface area contributed by atoms with Crippen LogP contribution in [0.5, 0.6) is 0 Å². The maximum absolute atomic E-state index is 13.0. The predicted molar refractivity (Wildman–Crippen MR) is 108 cm³/mol. The minimum absolute atomic E-state index is 0.0259. The van der Waals surface area contributed by atoms with Gasteiger partial charge in [-0.15, -0.1) is 11.3 Å². The highest BCUT2D eigenvalue weighted by atomic mass is 32.1. The molecule has 4 rings (SSSR count). The van der Waals surface area contributed by atoms with Crippen molar-refractivity contribution < 1.29 is 4.79 Å². The van der Waals surface area contributed by atoms with Gasteiger partial charge in [0.1, 0.15) is 5.69 Å². The van der Waals surface area contributed by atoms with Gasteiger partial charge in [-0.25, -0.2) is 4.98 Å². The number of hydrogen-bond acceptors (Lipinski definition) is 4. The standard InChI is InChI=1S/C21H21N3OS/c1-14-9-10-17(15(2)12-14)22-21-23-18(13-26-21)20(25)24-11-5-7-16-6-3-4-8-19(16)24/h3-4,6,8-10,12-13H,5,7,11H2,1-2H3,(H,22,23). The number of aryl methyl sites for hydroxylation is 3. The number of nitrogens with one attached hydrogen (secondary N) is 1. The van der Waals surface area contributed by atoms with Gasteiger partial charge in [-0.3, -0.25) is 4.79 Å². The SMILES string of the molecule is Cc1ccc(Nc2nc(C(=O)N3CCCc4ccccc43)cs2)c(C)c1. The Hall–Kier alpha value is -2.66. The van der Waals surface area contributed by atoms with E-state index in [0.717, 1.165) is 41.5 Å². The van der Waals surface area contributed by atoms with Crippen molar-refractivity contribution in [1.82, 2.24) is 4.98 Å². The van der Waals surface area contributed by atoms with E-state index in [2.05, 4.69) is 48.4 Å². The van der Waals surface area contributed by atoms with Gasteiger partial charge in [-0.1, -0.05) is 35.9 Å². The molecule has 0 radical (unpaired) electrons. The average molecular weight is 363 g/mol. The molecule has 1 N–H and O–H groups in total. The zero-order valence-corrected chi connectivity index (χ0v) is 15.8. The number of carbonyl (C=O) groups is 1. The molecule has 0 bridgehead atoms. The number of para-hydroxylation sites is 1. The Bertz CT molecular complexity index is 963. The maximum atomic E-state index is 13.0. The normalized spacial score (nSPS) is 13.4. The van der Waals surface area contributed by atoms with E-state index in [0.29, 0.717) is 5.69 Å². The number of rotatable bonds is 3. The Balaban J connectivity index is 1.56. The fraction of sp³-hybridized carbons (Fsp3) is 0.238. The molecule has 1 aliphatic heterocycles. The molecule has 0 saturated heterocycles. The molecule has 0 spiro atoms. The van der Waals surface area contributed by atoms with Crippen molar-refractivity contribution in [2.75, 3.05) is 16.8 Å². The van der Waals surface area contributed by atoms with Crippen LogP contribution in [0.4, 0.5) is 16.5 Å². The van der Waals surface area contributed by atoms with Crippen molar-refractivity contribution in [2.45, 2.75) is 26.7 Å². The van der Waals surface area contributed by atoms with E-state index in [4.69, 9.17) is 0 Å². The van der Waals surface area contributed by atoms with E-state index in [1.54, 1.807) is 0 Å². The highest BCUT2D eigenvalue weighted by molar-refractivity contribution is 7.14. The summed E-state index contributed by atoms with van der Waals surface area (Å²) >= 11 is 1.46. The molecule has 1 aromatic heterocycles. The summed E-state index contributed by atoms with van der Waals surface area (Å²) < 4.78 is 0. The number of benzene rings is 2. The number of fused-ring (bicyclic) bond motifs is 1. The number of hydrogen-bond donors (Lipinski definition) is 1. The molecule has 26 heavy (non-hydrogen) atoms. The predicted octanol–water partition coefficient (Wildman–Crippen LogP) is 5.10. The van der Waals surface area contributed by atoms with Crippen molar-refractivity contribution in [2.24, 2.45) is 0 Å². The van der Waals surface area contributed by atoms with Crippen molar-refractivity contribution in [3.63, 3.8) is 0 Å². The van der Waals surface area contributed by atoms with Gasteiger partial charge < -0.3 is 10.2 Å². The van der Waals surface area contributed by atoms with Gasteiger partial charge in [0.25, 0.3) is 5.91 Å². The number of anilines is 3. The third kappa shape index (κ3) is 3.22. The molecule has 1 amide bonds. The zero-order chi connectivity index (χ0) is 18.1. The summed E-state index contributed by atoms with van der Waals surface area (Å²) in [5.41, 5.74) is 6.16. The summed E-state index contributed by atoms with van der Waals surface area (Å²) in [6, 6.07) is 14.4.